The molecule has 0 saturated carbocycles. The maximum Gasteiger partial charge on any atom is 0.433 e. The number of imidazole rings is 1. The highest BCUT2D eigenvalue weighted by molar-refractivity contribution is 6.04. The topological polar surface area (TPSA) is 71.8 Å². The van der Waals surface area contributed by atoms with Gasteiger partial charge in [0.2, 0.25) is 5.95 Å². The Hall–Kier alpha value is -2.94. The van der Waals surface area contributed by atoms with E-state index in [-0.39, 0.29) is 11.6 Å². The van der Waals surface area contributed by atoms with Gasteiger partial charge in [-0.15, -0.1) is 0 Å². The van der Waals surface area contributed by atoms with Gasteiger partial charge in [-0.3, -0.25) is 15.1 Å². The van der Waals surface area contributed by atoms with Crippen LogP contribution in [0.1, 0.15) is 46.9 Å². The second-order valence-electron chi connectivity index (χ2n) is 7.48. The number of nitrogens with one attached hydrogen (secondary N) is 2. The Kier molecular flexibility index (Phi) is 5.46. The molecule has 2 N–H and O–H groups in total. The number of nitrogens with zero attached hydrogens (tertiary/aromatic N) is 3. The number of aromatic nitrogens is 3. The summed E-state index contributed by atoms with van der Waals surface area (Å²) in [6.07, 6.45) is -0.604. The van der Waals surface area contributed by atoms with E-state index in [1.54, 1.807) is 0 Å². The zero-order valence-electron chi connectivity index (χ0n) is 16.5. The average Bonchev–Trinajstić information content (AvgIpc) is 2.88. The lowest BCUT2D eigenvalue weighted by Crippen LogP contribution is -2.26. The first-order valence-electron chi connectivity index (χ1n) is 9.87. The van der Waals surface area contributed by atoms with Gasteiger partial charge in [-0.05, 0) is 50.1 Å². The summed E-state index contributed by atoms with van der Waals surface area (Å²) < 4.78 is 40.9. The highest BCUT2D eigenvalue weighted by atomic mass is 19.4. The fraction of sp³-hybridized carbons (Fsp3) is 0.381. The van der Waals surface area contributed by atoms with E-state index in [2.05, 4.69) is 20.6 Å². The summed E-state index contributed by atoms with van der Waals surface area (Å²) in [5.74, 6) is -0.318. The van der Waals surface area contributed by atoms with Gasteiger partial charge < -0.3 is 9.88 Å². The minimum Gasteiger partial charge on any atom is -0.315 e. The number of pyridine rings is 1. The molecule has 0 spiro atoms. The Morgan fingerprint density at radius 3 is 2.90 bits per heavy atom. The number of halogens is 3. The van der Waals surface area contributed by atoms with E-state index in [0.29, 0.717) is 5.95 Å². The Balaban J connectivity index is 1.73. The van der Waals surface area contributed by atoms with Crippen LogP contribution in [0.4, 0.5) is 19.1 Å². The van der Waals surface area contributed by atoms with Gasteiger partial charge in [0, 0.05) is 24.3 Å². The fourth-order valence-electron chi connectivity index (χ4n) is 3.89. The third kappa shape index (κ3) is 4.02. The Morgan fingerprint density at radius 1 is 1.27 bits per heavy atom. The molecule has 6 nitrogen and oxygen atoms in total. The van der Waals surface area contributed by atoms with Crippen molar-refractivity contribution in [3.63, 3.8) is 0 Å². The number of carbonyl (C=O) groups excluding carboxylic acids is 1. The third-order valence-electron chi connectivity index (χ3n) is 5.34. The van der Waals surface area contributed by atoms with Gasteiger partial charge in [0.15, 0.2) is 0 Å². The summed E-state index contributed by atoms with van der Waals surface area (Å²) in [5, 5.41) is 6.14. The van der Waals surface area contributed by atoms with Crippen LogP contribution < -0.4 is 10.6 Å². The summed E-state index contributed by atoms with van der Waals surface area (Å²) in [7, 11) is 0. The van der Waals surface area contributed by atoms with Crippen LogP contribution in [-0.4, -0.2) is 33.5 Å². The second kappa shape index (κ2) is 8.06. The highest BCUT2D eigenvalue weighted by Crippen LogP contribution is 2.31. The molecule has 3 heterocycles. The molecule has 30 heavy (non-hydrogen) atoms. The molecule has 2 aromatic heterocycles. The zero-order chi connectivity index (χ0) is 21.3. The summed E-state index contributed by atoms with van der Waals surface area (Å²) in [6.45, 7) is 3.64. The van der Waals surface area contributed by atoms with Gasteiger partial charge >= 0.3 is 6.18 Å². The van der Waals surface area contributed by atoms with Crippen LogP contribution in [0.2, 0.25) is 0 Å². The number of para-hydroxylation sites is 1. The van der Waals surface area contributed by atoms with Crippen LogP contribution in [0.25, 0.3) is 11.0 Å². The number of carbonyl (C=O) groups is 1. The third-order valence-corrected chi connectivity index (χ3v) is 5.34. The average molecular weight is 417 g/mol. The van der Waals surface area contributed by atoms with Crippen molar-refractivity contribution in [3.8, 4) is 0 Å². The molecule has 9 heteroatoms. The summed E-state index contributed by atoms with van der Waals surface area (Å²) in [4.78, 5) is 20.7. The van der Waals surface area contributed by atoms with E-state index < -0.39 is 17.8 Å². The lowest BCUT2D eigenvalue weighted by atomic mass is 10.1. The van der Waals surface area contributed by atoms with Gasteiger partial charge in [-0.25, -0.2) is 4.98 Å². The maximum absolute atomic E-state index is 13.0. The molecule has 1 atom stereocenters. The number of hydrogen-bond acceptors (Lipinski definition) is 4. The molecule has 0 aliphatic carbocycles. The molecule has 0 bridgehead atoms. The molecular weight excluding hydrogens is 395 g/mol. The van der Waals surface area contributed by atoms with E-state index in [1.807, 2.05) is 29.7 Å². The van der Waals surface area contributed by atoms with Crippen LogP contribution >= 0.6 is 0 Å². The molecule has 1 unspecified atom stereocenters. The molecule has 0 radical (unpaired) electrons. The van der Waals surface area contributed by atoms with Gasteiger partial charge in [-0.1, -0.05) is 18.6 Å². The van der Waals surface area contributed by atoms with Crippen LogP contribution in [0.5, 0.6) is 0 Å². The predicted octanol–water partition coefficient (Wildman–Crippen LogP) is 4.33. The van der Waals surface area contributed by atoms with Gasteiger partial charge in [0.05, 0.1) is 11.0 Å². The minimum atomic E-state index is -4.62. The predicted molar refractivity (Wildman–Crippen MR) is 107 cm³/mol. The van der Waals surface area contributed by atoms with Crippen LogP contribution in [-0.2, 0) is 6.18 Å². The molecule has 4 rings (SSSR count). The molecule has 158 valence electrons. The lowest BCUT2D eigenvalue weighted by Gasteiger charge is -2.21. The SMILES string of the molecule is Cc1cccc2nc(NC(=O)c3ccnc(C(F)(F)F)c3)n(C3CCCCNC3)c12. The van der Waals surface area contributed by atoms with E-state index in [4.69, 9.17) is 0 Å². The van der Waals surface area contributed by atoms with E-state index in [9.17, 15) is 18.0 Å². The van der Waals surface area contributed by atoms with Crippen molar-refractivity contribution in [2.24, 2.45) is 0 Å². The number of fused-ring (bicyclic) bond motifs is 1. The van der Waals surface area contributed by atoms with Crippen molar-refractivity contribution in [1.29, 1.82) is 0 Å². The van der Waals surface area contributed by atoms with Crippen molar-refractivity contribution < 1.29 is 18.0 Å². The quantitative estimate of drug-likeness (QED) is 0.666. The number of amides is 1. The Labute approximate surface area is 171 Å². The first kappa shape index (κ1) is 20.3. The normalized spacial score (nSPS) is 17.7. The summed E-state index contributed by atoms with van der Waals surface area (Å²) >= 11 is 0. The fourth-order valence-corrected chi connectivity index (χ4v) is 3.89. The van der Waals surface area contributed by atoms with Crippen molar-refractivity contribution in [2.45, 2.75) is 38.4 Å². The van der Waals surface area contributed by atoms with Gasteiger partial charge in [0.25, 0.3) is 5.91 Å². The van der Waals surface area contributed by atoms with Crippen LogP contribution in [0.3, 0.4) is 0 Å². The number of hydrogen-bond donors (Lipinski definition) is 2. The molecule has 1 saturated heterocycles. The number of benzene rings is 1. The van der Waals surface area contributed by atoms with E-state index in [0.717, 1.165) is 61.2 Å². The standard InChI is InChI=1S/C21H22F3N5O/c1-13-5-4-7-16-18(13)29(15-6-2-3-9-25-12-15)20(27-16)28-19(30)14-8-10-26-17(11-14)21(22,23)24/h4-5,7-8,10-11,15,25H,2-3,6,9,12H2,1H3,(H,27,28,30). The molecular formula is C21H22F3N5O. The summed E-state index contributed by atoms with van der Waals surface area (Å²) in [5.41, 5.74) is 1.46. The van der Waals surface area contributed by atoms with Gasteiger partial charge in [-0.2, -0.15) is 13.2 Å². The van der Waals surface area contributed by atoms with Crippen molar-refractivity contribution >= 4 is 22.9 Å². The largest absolute Gasteiger partial charge is 0.433 e. The zero-order valence-corrected chi connectivity index (χ0v) is 16.5. The second-order valence-corrected chi connectivity index (χ2v) is 7.48. The van der Waals surface area contributed by atoms with E-state index >= 15 is 0 Å². The molecule has 1 aliphatic heterocycles. The van der Waals surface area contributed by atoms with Crippen LogP contribution in [0.15, 0.2) is 36.5 Å². The van der Waals surface area contributed by atoms with Gasteiger partial charge in [0.1, 0.15) is 5.69 Å². The maximum atomic E-state index is 13.0. The highest BCUT2D eigenvalue weighted by Gasteiger charge is 2.33. The lowest BCUT2D eigenvalue weighted by molar-refractivity contribution is -0.141. The van der Waals surface area contributed by atoms with Crippen molar-refractivity contribution in [1.82, 2.24) is 19.9 Å². The van der Waals surface area contributed by atoms with Crippen molar-refractivity contribution in [2.75, 3.05) is 18.4 Å². The number of alkyl halides is 3. The molecule has 1 fully saturated rings. The minimum absolute atomic E-state index is 0.0806. The van der Waals surface area contributed by atoms with Crippen LogP contribution in [0, 0.1) is 6.92 Å². The number of rotatable bonds is 3. The molecule has 1 aliphatic rings. The Bertz CT molecular complexity index is 1070. The monoisotopic (exact) mass is 417 g/mol. The number of anilines is 1. The van der Waals surface area contributed by atoms with Crippen molar-refractivity contribution in [3.05, 3.63) is 53.3 Å². The van der Waals surface area contributed by atoms with E-state index in [1.165, 1.54) is 6.07 Å². The number of aryl methyl sites for hydroxylation is 1. The molecule has 3 aromatic rings. The Morgan fingerprint density at radius 2 is 2.10 bits per heavy atom. The smallest absolute Gasteiger partial charge is 0.315 e. The summed E-state index contributed by atoms with van der Waals surface area (Å²) in [6, 6.07) is 7.83. The first-order valence-corrected chi connectivity index (χ1v) is 9.87. The molecule has 1 aromatic carbocycles. The first-order chi connectivity index (χ1) is 14.3. The molecule has 1 amide bonds.